The van der Waals surface area contributed by atoms with Gasteiger partial charge in [-0.05, 0) is 15.9 Å². The zero-order chi connectivity index (χ0) is 11.5. The molecule has 2 heterocycles. The van der Waals surface area contributed by atoms with Crippen molar-refractivity contribution in [2.45, 2.75) is 6.54 Å². The molecule has 6 nitrogen and oxygen atoms in total. The minimum Gasteiger partial charge on any atom is -0.381 e. The molecule has 88 valence electrons. The zero-order valence-electron chi connectivity index (χ0n) is 8.73. The fourth-order valence-electron chi connectivity index (χ4n) is 1.54. The molecule has 0 aromatic carbocycles. The highest BCUT2D eigenvalue weighted by atomic mass is 79.9. The number of nitrogens with zero attached hydrogens (tertiary/aromatic N) is 3. The number of nitrogen functional groups attached to an aromatic ring is 1. The predicted octanol–water partition coefficient (Wildman–Crippen LogP) is 0.0866. The van der Waals surface area contributed by atoms with Crippen molar-refractivity contribution in [3.8, 4) is 0 Å². The van der Waals surface area contributed by atoms with E-state index in [0.717, 1.165) is 0 Å². The normalized spacial score (nSPS) is 16.4. The zero-order valence-corrected chi connectivity index (χ0v) is 10.3. The quantitative estimate of drug-likeness (QED) is 0.837. The predicted molar refractivity (Wildman–Crippen MR) is 61.7 cm³/mol. The lowest BCUT2D eigenvalue weighted by molar-refractivity contribution is -0.136. The molecule has 1 aromatic heterocycles. The Hall–Kier alpha value is -1.08. The van der Waals surface area contributed by atoms with Crippen LogP contribution in [0.2, 0.25) is 0 Å². The minimum atomic E-state index is 0.0401. The molecule has 1 aliphatic heterocycles. The van der Waals surface area contributed by atoms with E-state index < -0.39 is 0 Å². The lowest BCUT2D eigenvalue weighted by Gasteiger charge is -2.26. The van der Waals surface area contributed by atoms with E-state index in [1.54, 1.807) is 11.1 Å². The Kier molecular flexibility index (Phi) is 3.45. The fraction of sp³-hybridized carbons (Fsp3) is 0.556. The number of carbonyl (C=O) groups excluding carboxylic acids is 1. The molecule has 0 aliphatic carbocycles. The fourth-order valence-corrected chi connectivity index (χ4v) is 1.86. The van der Waals surface area contributed by atoms with Crippen LogP contribution in [-0.4, -0.2) is 46.9 Å². The summed E-state index contributed by atoms with van der Waals surface area (Å²) in [5.74, 6) is 0.438. The molecule has 0 spiro atoms. The Morgan fingerprint density at radius 3 is 2.81 bits per heavy atom. The largest absolute Gasteiger partial charge is 0.381 e. The topological polar surface area (TPSA) is 73.4 Å². The molecular weight excluding hydrogens is 276 g/mol. The van der Waals surface area contributed by atoms with Crippen molar-refractivity contribution in [3.63, 3.8) is 0 Å². The van der Waals surface area contributed by atoms with Crippen molar-refractivity contribution in [1.29, 1.82) is 0 Å². The van der Waals surface area contributed by atoms with Crippen molar-refractivity contribution >= 4 is 27.7 Å². The monoisotopic (exact) mass is 288 g/mol. The molecule has 0 bridgehead atoms. The van der Waals surface area contributed by atoms with Gasteiger partial charge in [0.1, 0.15) is 6.54 Å². The minimum absolute atomic E-state index is 0.0401. The van der Waals surface area contributed by atoms with Gasteiger partial charge in [-0.3, -0.25) is 9.48 Å². The third-order valence-corrected chi connectivity index (χ3v) is 3.02. The van der Waals surface area contributed by atoms with E-state index in [0.29, 0.717) is 36.6 Å². The molecule has 16 heavy (non-hydrogen) atoms. The smallest absolute Gasteiger partial charge is 0.244 e. The number of anilines is 1. The molecule has 0 atom stereocenters. The van der Waals surface area contributed by atoms with E-state index in [2.05, 4.69) is 21.0 Å². The van der Waals surface area contributed by atoms with Crippen molar-refractivity contribution in [3.05, 3.63) is 10.7 Å². The number of rotatable bonds is 2. The van der Waals surface area contributed by atoms with Gasteiger partial charge in [0.25, 0.3) is 0 Å². The third-order valence-electron chi connectivity index (χ3n) is 2.40. The number of halogens is 1. The lowest BCUT2D eigenvalue weighted by atomic mass is 10.4. The van der Waals surface area contributed by atoms with Gasteiger partial charge < -0.3 is 15.4 Å². The van der Waals surface area contributed by atoms with Crippen LogP contribution in [0.5, 0.6) is 0 Å². The molecule has 1 amide bonds. The molecule has 1 aliphatic rings. The Morgan fingerprint density at radius 2 is 2.25 bits per heavy atom. The first-order chi connectivity index (χ1) is 7.66. The summed E-state index contributed by atoms with van der Waals surface area (Å²) in [7, 11) is 0. The van der Waals surface area contributed by atoms with Gasteiger partial charge in [-0.2, -0.15) is 5.10 Å². The van der Waals surface area contributed by atoms with Gasteiger partial charge in [0.15, 0.2) is 5.82 Å². The van der Waals surface area contributed by atoms with Crippen LogP contribution in [-0.2, 0) is 16.1 Å². The van der Waals surface area contributed by atoms with E-state index in [1.165, 1.54) is 4.68 Å². The van der Waals surface area contributed by atoms with Crippen LogP contribution in [0.25, 0.3) is 0 Å². The number of aromatic nitrogens is 2. The van der Waals surface area contributed by atoms with E-state index >= 15 is 0 Å². The summed E-state index contributed by atoms with van der Waals surface area (Å²) in [5.41, 5.74) is 5.57. The standard InChI is InChI=1S/C9H13BrN4O2/c10-7-5-14(12-9(7)11)6-8(15)13-1-3-16-4-2-13/h5H,1-4,6H2,(H2,11,12). The lowest BCUT2D eigenvalue weighted by Crippen LogP contribution is -2.42. The third kappa shape index (κ3) is 2.53. The SMILES string of the molecule is Nc1nn(CC(=O)N2CCOCC2)cc1Br. The van der Waals surface area contributed by atoms with Crippen LogP contribution in [0.1, 0.15) is 0 Å². The van der Waals surface area contributed by atoms with Crippen molar-refractivity contribution < 1.29 is 9.53 Å². The summed E-state index contributed by atoms with van der Waals surface area (Å²) in [4.78, 5) is 13.6. The number of amides is 1. The number of hydrogen-bond acceptors (Lipinski definition) is 4. The second-order valence-corrected chi connectivity index (χ2v) is 4.41. The van der Waals surface area contributed by atoms with Crippen LogP contribution >= 0.6 is 15.9 Å². The molecule has 0 radical (unpaired) electrons. The number of morpholine rings is 1. The highest BCUT2D eigenvalue weighted by molar-refractivity contribution is 9.10. The second-order valence-electron chi connectivity index (χ2n) is 3.55. The first-order valence-corrected chi connectivity index (χ1v) is 5.80. The van der Waals surface area contributed by atoms with Crippen LogP contribution in [0.3, 0.4) is 0 Å². The van der Waals surface area contributed by atoms with Crippen molar-refractivity contribution in [2.24, 2.45) is 0 Å². The van der Waals surface area contributed by atoms with Gasteiger partial charge in [-0.15, -0.1) is 0 Å². The highest BCUT2D eigenvalue weighted by Gasteiger charge is 2.17. The molecule has 0 unspecified atom stereocenters. The summed E-state index contributed by atoms with van der Waals surface area (Å²) in [6, 6.07) is 0. The summed E-state index contributed by atoms with van der Waals surface area (Å²) in [6.07, 6.45) is 1.70. The van der Waals surface area contributed by atoms with Crippen LogP contribution < -0.4 is 5.73 Å². The first kappa shape index (κ1) is 11.4. The number of ether oxygens (including phenoxy) is 1. The Morgan fingerprint density at radius 1 is 1.56 bits per heavy atom. The summed E-state index contributed by atoms with van der Waals surface area (Å²) in [5, 5.41) is 4.01. The maximum absolute atomic E-state index is 11.8. The molecular formula is C9H13BrN4O2. The van der Waals surface area contributed by atoms with Crippen molar-refractivity contribution in [2.75, 3.05) is 32.0 Å². The van der Waals surface area contributed by atoms with Gasteiger partial charge in [0.05, 0.1) is 17.7 Å². The molecule has 0 saturated carbocycles. The van der Waals surface area contributed by atoms with E-state index in [1.807, 2.05) is 0 Å². The van der Waals surface area contributed by atoms with Gasteiger partial charge in [-0.1, -0.05) is 0 Å². The van der Waals surface area contributed by atoms with E-state index in [-0.39, 0.29) is 12.5 Å². The highest BCUT2D eigenvalue weighted by Crippen LogP contribution is 2.16. The Labute approximate surface area is 101 Å². The van der Waals surface area contributed by atoms with Gasteiger partial charge in [0.2, 0.25) is 5.91 Å². The maximum atomic E-state index is 11.8. The number of nitrogens with two attached hydrogens (primary N) is 1. The summed E-state index contributed by atoms with van der Waals surface area (Å²) in [6.45, 7) is 2.73. The summed E-state index contributed by atoms with van der Waals surface area (Å²) < 4.78 is 7.43. The van der Waals surface area contributed by atoms with Gasteiger partial charge in [-0.25, -0.2) is 0 Å². The molecule has 2 rings (SSSR count). The molecule has 7 heteroatoms. The van der Waals surface area contributed by atoms with Crippen molar-refractivity contribution in [1.82, 2.24) is 14.7 Å². The summed E-state index contributed by atoms with van der Waals surface area (Å²) >= 11 is 3.25. The van der Waals surface area contributed by atoms with Crippen LogP contribution in [0.4, 0.5) is 5.82 Å². The molecule has 1 aromatic rings. The molecule has 1 saturated heterocycles. The second kappa shape index (κ2) is 4.84. The maximum Gasteiger partial charge on any atom is 0.244 e. The number of hydrogen-bond donors (Lipinski definition) is 1. The Balaban J connectivity index is 1.95. The molecule has 2 N–H and O–H groups in total. The average molecular weight is 289 g/mol. The average Bonchev–Trinajstić information content (AvgIpc) is 2.59. The number of carbonyl (C=O) groups is 1. The van der Waals surface area contributed by atoms with Crippen LogP contribution in [0, 0.1) is 0 Å². The molecule has 1 fully saturated rings. The van der Waals surface area contributed by atoms with Crippen LogP contribution in [0.15, 0.2) is 10.7 Å². The van der Waals surface area contributed by atoms with Gasteiger partial charge in [0, 0.05) is 19.3 Å². The van der Waals surface area contributed by atoms with E-state index in [9.17, 15) is 4.79 Å². The van der Waals surface area contributed by atoms with E-state index in [4.69, 9.17) is 10.5 Å². The Bertz CT molecular complexity index is 367. The first-order valence-electron chi connectivity index (χ1n) is 5.01. The van der Waals surface area contributed by atoms with Gasteiger partial charge >= 0.3 is 0 Å².